The van der Waals surface area contributed by atoms with Gasteiger partial charge in [-0.3, -0.25) is 24.0 Å². The van der Waals surface area contributed by atoms with Gasteiger partial charge >= 0.3 is 11.9 Å². The number of nitrogens with zero attached hydrogens (tertiary/aromatic N) is 1. The van der Waals surface area contributed by atoms with Crippen LogP contribution in [-0.4, -0.2) is 60.6 Å². The lowest BCUT2D eigenvalue weighted by atomic mass is 10.0. The van der Waals surface area contributed by atoms with Crippen molar-refractivity contribution in [1.29, 1.82) is 0 Å². The number of esters is 2. The highest BCUT2D eigenvalue weighted by atomic mass is 16.5. The molecule has 0 aliphatic rings. The predicted octanol–water partition coefficient (Wildman–Crippen LogP) is 4.56. The van der Waals surface area contributed by atoms with Crippen molar-refractivity contribution in [2.24, 2.45) is 0 Å². The summed E-state index contributed by atoms with van der Waals surface area (Å²) in [6, 6.07) is 0. The van der Waals surface area contributed by atoms with Crippen LogP contribution in [0.3, 0.4) is 0 Å². The molecule has 196 valence electrons. The maximum Gasteiger partial charge on any atom is 0.302 e. The third-order valence-corrected chi connectivity index (χ3v) is 5.58. The molecule has 0 N–H and O–H groups in total. The first-order valence-corrected chi connectivity index (χ1v) is 12.9. The molecule has 8 heteroatoms. The number of amides is 1. The van der Waals surface area contributed by atoms with E-state index in [1.807, 2.05) is 0 Å². The summed E-state index contributed by atoms with van der Waals surface area (Å²) in [5.74, 6) is -3.78. The monoisotopic (exact) mass is 483 g/mol. The van der Waals surface area contributed by atoms with Gasteiger partial charge in [0, 0.05) is 20.3 Å². The number of ether oxygens (including phenoxy) is 2. The van der Waals surface area contributed by atoms with Crippen molar-refractivity contribution < 1.29 is 33.4 Å². The maximum absolute atomic E-state index is 12.4. The minimum absolute atomic E-state index is 0.0457. The van der Waals surface area contributed by atoms with Crippen LogP contribution in [0.2, 0.25) is 0 Å². The Morgan fingerprint density at radius 3 is 1.35 bits per heavy atom. The van der Waals surface area contributed by atoms with Crippen LogP contribution in [0.15, 0.2) is 0 Å². The Hall–Kier alpha value is -2.25. The Labute approximate surface area is 205 Å². The molecule has 0 radical (unpaired) electrons. The molecule has 0 aliphatic heterocycles. The van der Waals surface area contributed by atoms with Crippen molar-refractivity contribution in [3.63, 3.8) is 0 Å². The normalized spacial score (nSPS) is 10.6. The molecule has 0 atom stereocenters. The molecular weight excluding hydrogens is 438 g/mol. The fraction of sp³-hybridized carbons (Fsp3) is 0.808. The van der Waals surface area contributed by atoms with E-state index in [1.54, 1.807) is 0 Å². The smallest absolute Gasteiger partial charge is 0.302 e. The van der Waals surface area contributed by atoms with E-state index < -0.39 is 29.4 Å². The first-order chi connectivity index (χ1) is 16.3. The lowest BCUT2D eigenvalue weighted by molar-refractivity contribution is -0.152. The van der Waals surface area contributed by atoms with E-state index >= 15 is 0 Å². The summed E-state index contributed by atoms with van der Waals surface area (Å²) in [5.41, 5.74) is 0. The number of rotatable bonds is 22. The molecule has 0 spiro atoms. The van der Waals surface area contributed by atoms with Crippen LogP contribution < -0.4 is 0 Å². The van der Waals surface area contributed by atoms with Crippen LogP contribution >= 0.6 is 0 Å². The molecule has 0 aromatic rings. The minimum Gasteiger partial charge on any atom is -0.464 e. The third-order valence-electron chi connectivity index (χ3n) is 5.58. The molecule has 0 heterocycles. The van der Waals surface area contributed by atoms with E-state index in [1.165, 1.54) is 71.6 Å². The molecule has 0 unspecified atom stereocenters. The van der Waals surface area contributed by atoms with E-state index in [4.69, 9.17) is 9.47 Å². The van der Waals surface area contributed by atoms with E-state index in [9.17, 15) is 24.0 Å². The standard InChI is InChI=1S/C26H45NO7/c1-4-5-6-7-8-9-10-11-12-13-14-15-16-17-24(30)25(31)26(32)27(18-20-33-22(2)28)19-21-34-23(3)29/h4-21H2,1-3H3. The third kappa shape index (κ3) is 18.2. The van der Waals surface area contributed by atoms with Gasteiger partial charge in [0.15, 0.2) is 0 Å². The first-order valence-electron chi connectivity index (χ1n) is 12.9. The molecule has 0 rings (SSSR count). The summed E-state index contributed by atoms with van der Waals surface area (Å²) in [5, 5.41) is 0. The molecule has 1 amide bonds. The lowest BCUT2D eigenvalue weighted by Crippen LogP contribution is -2.43. The second kappa shape index (κ2) is 21.3. The number of Topliss-reactive ketones (excluding diaryl/α,β-unsaturated/α-hetero) is 2. The highest BCUT2D eigenvalue weighted by Gasteiger charge is 2.27. The van der Waals surface area contributed by atoms with Crippen LogP contribution in [0, 0.1) is 0 Å². The van der Waals surface area contributed by atoms with Gasteiger partial charge in [-0.25, -0.2) is 0 Å². The Morgan fingerprint density at radius 2 is 0.971 bits per heavy atom. The van der Waals surface area contributed by atoms with Gasteiger partial charge in [0.25, 0.3) is 11.7 Å². The second-order valence-electron chi connectivity index (χ2n) is 8.72. The predicted molar refractivity (Wildman–Crippen MR) is 130 cm³/mol. The zero-order chi connectivity index (χ0) is 25.6. The quantitative estimate of drug-likeness (QED) is 0.0961. The molecular formula is C26H45NO7. The van der Waals surface area contributed by atoms with E-state index in [2.05, 4.69) is 6.92 Å². The molecule has 0 saturated carbocycles. The number of hydrogen-bond donors (Lipinski definition) is 0. The maximum atomic E-state index is 12.4. The van der Waals surface area contributed by atoms with Crippen molar-refractivity contribution in [3.8, 4) is 0 Å². The zero-order valence-electron chi connectivity index (χ0n) is 21.5. The Kier molecular flexibility index (Phi) is 19.9. The molecule has 8 nitrogen and oxygen atoms in total. The molecule has 0 aromatic heterocycles. The number of carbonyl (C=O) groups excluding carboxylic acids is 5. The number of unbranched alkanes of at least 4 members (excludes halogenated alkanes) is 12. The fourth-order valence-corrected chi connectivity index (χ4v) is 3.59. The number of ketones is 2. The van der Waals surface area contributed by atoms with E-state index in [0.717, 1.165) is 24.2 Å². The van der Waals surface area contributed by atoms with E-state index in [-0.39, 0.29) is 32.7 Å². The highest BCUT2D eigenvalue weighted by Crippen LogP contribution is 2.13. The molecule has 0 aliphatic carbocycles. The number of hydrogen-bond acceptors (Lipinski definition) is 7. The number of carbonyl (C=O) groups is 5. The zero-order valence-corrected chi connectivity index (χ0v) is 21.5. The van der Waals surface area contributed by atoms with Gasteiger partial charge in [0.05, 0.1) is 13.1 Å². The molecule has 34 heavy (non-hydrogen) atoms. The Balaban J connectivity index is 4.09. The van der Waals surface area contributed by atoms with Gasteiger partial charge in [-0.15, -0.1) is 0 Å². The van der Waals surface area contributed by atoms with Crippen LogP contribution in [0.25, 0.3) is 0 Å². The Bertz CT molecular complexity index is 598. The van der Waals surface area contributed by atoms with Crippen molar-refractivity contribution >= 4 is 29.4 Å². The highest BCUT2D eigenvalue weighted by molar-refractivity contribution is 6.63. The van der Waals surface area contributed by atoms with Gasteiger partial charge in [0.1, 0.15) is 13.2 Å². The summed E-state index contributed by atoms with van der Waals surface area (Å²) < 4.78 is 9.61. The molecule has 0 saturated heterocycles. The van der Waals surface area contributed by atoms with Gasteiger partial charge in [0.2, 0.25) is 5.78 Å². The fourth-order valence-electron chi connectivity index (χ4n) is 3.59. The van der Waals surface area contributed by atoms with Crippen molar-refractivity contribution in [3.05, 3.63) is 0 Å². The topological polar surface area (TPSA) is 107 Å². The SMILES string of the molecule is CCCCCCCCCCCCCCCC(=O)C(=O)C(=O)N(CCOC(C)=O)CCOC(C)=O. The first kappa shape index (κ1) is 31.8. The summed E-state index contributed by atoms with van der Waals surface area (Å²) in [7, 11) is 0. The van der Waals surface area contributed by atoms with Crippen LogP contribution in [0.1, 0.15) is 111 Å². The van der Waals surface area contributed by atoms with Crippen molar-refractivity contribution in [2.75, 3.05) is 26.3 Å². The second-order valence-corrected chi connectivity index (χ2v) is 8.72. The van der Waals surface area contributed by atoms with Gasteiger partial charge < -0.3 is 14.4 Å². The van der Waals surface area contributed by atoms with Crippen molar-refractivity contribution in [1.82, 2.24) is 4.90 Å². The molecule has 0 aromatic carbocycles. The van der Waals surface area contributed by atoms with Gasteiger partial charge in [-0.2, -0.15) is 0 Å². The van der Waals surface area contributed by atoms with Crippen LogP contribution in [-0.2, 0) is 33.4 Å². The van der Waals surface area contributed by atoms with Crippen LogP contribution in [0.5, 0.6) is 0 Å². The average molecular weight is 484 g/mol. The summed E-state index contributed by atoms with van der Waals surface area (Å²) in [6.45, 7) is 4.36. The lowest BCUT2D eigenvalue weighted by Gasteiger charge is -2.21. The van der Waals surface area contributed by atoms with E-state index in [0.29, 0.717) is 6.42 Å². The molecule has 0 fully saturated rings. The largest absolute Gasteiger partial charge is 0.464 e. The average Bonchev–Trinajstić information content (AvgIpc) is 2.79. The van der Waals surface area contributed by atoms with Gasteiger partial charge in [-0.1, -0.05) is 84.0 Å². The summed E-state index contributed by atoms with van der Waals surface area (Å²) >= 11 is 0. The van der Waals surface area contributed by atoms with Gasteiger partial charge in [-0.05, 0) is 6.42 Å². The summed E-state index contributed by atoms with van der Waals surface area (Å²) in [4.78, 5) is 59.8. The molecule has 0 bridgehead atoms. The minimum atomic E-state index is -1.08. The van der Waals surface area contributed by atoms with Crippen molar-refractivity contribution in [2.45, 2.75) is 111 Å². The Morgan fingerprint density at radius 1 is 0.588 bits per heavy atom. The van der Waals surface area contributed by atoms with Crippen LogP contribution in [0.4, 0.5) is 0 Å². The summed E-state index contributed by atoms with van der Waals surface area (Å²) in [6.07, 6.45) is 15.3.